The van der Waals surface area contributed by atoms with Crippen LogP contribution in [0.2, 0.25) is 0 Å². The quantitative estimate of drug-likeness (QED) is 0.0653. The standard InChI is InChI=1S/C28H30F2N6O2S.C27H29F2N7O2.C26H25F3N6O2.C26H28N6O2/c1-16-28(37)34(2)15-23-25(33-27(36(16)23)17-8-10-39(4,38)11-9-17)19-6-5-7-22-20(19)12-21(26(29)30)24(32-22)18-13-31-35(3)14-18;1-15-27(38)33(2)14-22-24(32-26(36(15)22)17-12-35(13-17)7-8-37)18-5-4-6-21-19(18)9-20(25(28)29)23(31-21)16-10-30-34(3)11-16;1-33-13-20-22(32-25(14-6-8-37-9-7-14)35(20)24(29)26(33)36)16-4-3-5-19-17(16)10-18(23(27)28)21(31-19)15-11-30-34(2)12-15;1-16-26(33)30(2)15-23-24(29-25(32(16)23)17-7-9-34-10-8-17)20-6-4-5-18-11-22(27-13-21(18)20)19-12-28-31(3)14-19/h5-7,12-14,16-17,26H,4,8-11,15H2,1-3H3;4-6,9-11,15,17,25,37H,7-8,12-14H2,1-3H3;3-5,10-12,14,23-24H,6-9,13H2,1-2H3;4-6,11-14,16-17H,7-10,15H2,1-3H3. The molecule has 148 heavy (non-hydrogen) atoms. The van der Waals surface area contributed by atoms with E-state index in [1.54, 1.807) is 103 Å². The molecule has 4 unspecified atom stereocenters. The minimum atomic E-state index is -2.77. The van der Waals surface area contributed by atoms with E-state index in [1.807, 2.05) is 104 Å². The Morgan fingerprint density at radius 2 is 0.723 bits per heavy atom. The predicted octanol–water partition coefficient (Wildman–Crippen LogP) is 16.6. The van der Waals surface area contributed by atoms with Crippen molar-refractivity contribution in [3.8, 4) is 90.1 Å². The van der Waals surface area contributed by atoms with Gasteiger partial charge >= 0.3 is 0 Å². The number of alkyl halides is 7. The van der Waals surface area contributed by atoms with E-state index in [0.717, 1.165) is 107 Å². The number of aliphatic hydroxyl groups excluding tert-OH is 1. The van der Waals surface area contributed by atoms with E-state index in [0.29, 0.717) is 177 Å². The molecule has 4 amide bonds. The first kappa shape index (κ1) is 99.4. The fraction of sp³-hybridized carbons (Fsp3) is 0.393. The highest BCUT2D eigenvalue weighted by Crippen LogP contribution is 2.49. The maximum atomic E-state index is 15.5. The van der Waals surface area contributed by atoms with Crippen LogP contribution in [0.5, 0.6) is 0 Å². The van der Waals surface area contributed by atoms with Crippen molar-refractivity contribution in [1.29, 1.82) is 0 Å². The van der Waals surface area contributed by atoms with Gasteiger partial charge in [0.2, 0.25) is 17.7 Å². The van der Waals surface area contributed by atoms with Crippen molar-refractivity contribution in [1.82, 2.24) is 122 Å². The van der Waals surface area contributed by atoms with Gasteiger partial charge in [-0.25, -0.2) is 65.6 Å². The van der Waals surface area contributed by atoms with Gasteiger partial charge in [0, 0.05) is 251 Å². The summed E-state index contributed by atoms with van der Waals surface area (Å²) in [6.07, 6.45) is 9.71. The molecule has 0 spiro atoms. The number of carbonyl (C=O) groups excluding carboxylic acids is 4. The van der Waals surface area contributed by atoms with Crippen LogP contribution in [0.1, 0.15) is 189 Å². The Morgan fingerprint density at radius 1 is 0.399 bits per heavy atom. The second-order valence-corrected chi connectivity index (χ2v) is 42.5. The van der Waals surface area contributed by atoms with E-state index < -0.39 is 53.1 Å². The topological polar surface area (TPSA) is 334 Å². The van der Waals surface area contributed by atoms with Gasteiger partial charge in [0.15, 0.2) is 0 Å². The Hall–Kier alpha value is -14.6. The maximum Gasteiger partial charge on any atom is 0.278 e. The van der Waals surface area contributed by atoms with Gasteiger partial charge in [-0.05, 0) is 123 Å². The lowest BCUT2D eigenvalue weighted by molar-refractivity contribution is -0.141. The number of fused-ring (bicyclic) bond motifs is 8. The highest BCUT2D eigenvalue weighted by molar-refractivity contribution is 8.00. The largest absolute Gasteiger partial charge is 0.395 e. The highest BCUT2D eigenvalue weighted by atomic mass is 32.2. The molecule has 0 aliphatic carbocycles. The van der Waals surface area contributed by atoms with E-state index in [2.05, 4.69) is 74.9 Å². The lowest BCUT2D eigenvalue weighted by atomic mass is 9.98. The normalized spacial score (nSPS) is 20.0. The molecule has 0 radical (unpaired) electrons. The minimum absolute atomic E-state index is 0.00912. The molecule has 4 aromatic carbocycles. The Morgan fingerprint density at radius 3 is 1.07 bits per heavy atom. The lowest BCUT2D eigenvalue weighted by Gasteiger charge is -2.40. The van der Waals surface area contributed by atoms with Crippen LogP contribution in [0.15, 0.2) is 153 Å². The second kappa shape index (κ2) is 39.9. The molecule has 41 heteroatoms. The predicted molar refractivity (Wildman–Crippen MR) is 545 cm³/mol. The number of nitrogens with zero attached hydrogens (tertiary/aromatic N) is 25. The number of hydrogen-bond donors (Lipinski definition) is 1. The SMILES string of the molecule is C=S1(=O)CCC(c2nc(-c3cccc4nc(-c5cnn(C)c5)c(C(F)F)cc34)c3n2C(C)C(=O)N(C)C3)CC1.CC1C(=O)N(C)Cc2c(-c3cccc4cc(-c5cnn(C)c5)ncc34)nc(C3CCOCC3)n21.CC1C(=O)N(C)Cc2c(-c3cccc4nc(-c5cnn(C)c5)c(C(F)F)cc34)nc(C3CN(CCO)C3)n21.CN1Cc2c(-c3cccc4nc(-c5cnn(C)c5)c(C(F)F)cc34)nc(C3CCOCC3)n2C(F)C1=O. The zero-order valence-electron chi connectivity index (χ0n) is 83.7. The number of benzene rings is 4. The fourth-order valence-corrected chi connectivity index (χ4v) is 23.9. The third-order valence-corrected chi connectivity index (χ3v) is 31.9. The van der Waals surface area contributed by atoms with Crippen LogP contribution in [-0.2, 0) is 92.5 Å². The van der Waals surface area contributed by atoms with Crippen molar-refractivity contribution in [3.05, 3.63) is 216 Å². The Labute approximate surface area is 847 Å². The van der Waals surface area contributed by atoms with Gasteiger partial charge in [0.1, 0.15) is 41.4 Å². The van der Waals surface area contributed by atoms with Crippen LogP contribution in [0, 0.1) is 0 Å². The summed E-state index contributed by atoms with van der Waals surface area (Å²) in [5, 5.41) is 29.7. The molecule has 16 aromatic rings. The number of likely N-dealkylation sites (N-methyl/N-ethyl adjacent to an activating group) is 4. The summed E-state index contributed by atoms with van der Waals surface area (Å²) in [5.41, 5.74) is 14.3. The molecule has 8 aliphatic heterocycles. The summed E-state index contributed by atoms with van der Waals surface area (Å²) in [6, 6.07) is 28.1. The highest BCUT2D eigenvalue weighted by Gasteiger charge is 2.45. The molecule has 768 valence electrons. The summed E-state index contributed by atoms with van der Waals surface area (Å²) in [5.74, 6) is 7.92. The molecule has 4 atom stereocenters. The number of rotatable bonds is 17. The summed E-state index contributed by atoms with van der Waals surface area (Å²) >= 11 is 0. The zero-order chi connectivity index (χ0) is 104. The summed E-state index contributed by atoms with van der Waals surface area (Å²) in [6.45, 7) is 11.9. The number of ether oxygens (including phenoxy) is 2. The smallest absolute Gasteiger partial charge is 0.278 e. The van der Waals surface area contributed by atoms with E-state index >= 15 is 4.39 Å². The number of pyridine rings is 4. The maximum absolute atomic E-state index is 15.5. The fourth-order valence-electron chi connectivity index (χ4n) is 22.3. The number of amides is 4. The first-order chi connectivity index (χ1) is 71.1. The van der Waals surface area contributed by atoms with Crippen LogP contribution in [-0.4, -0.2) is 253 Å². The monoisotopic (exact) mass is 2040 g/mol. The van der Waals surface area contributed by atoms with E-state index in [9.17, 15) is 54.8 Å². The second-order valence-electron chi connectivity index (χ2n) is 39.8. The van der Waals surface area contributed by atoms with Crippen LogP contribution in [0.3, 0.4) is 0 Å². The molecule has 0 bridgehead atoms. The summed E-state index contributed by atoms with van der Waals surface area (Å²) < 4.78 is 139. The van der Waals surface area contributed by atoms with Crippen LogP contribution in [0.25, 0.3) is 134 Å². The Bertz CT molecular complexity index is 8010. The molecule has 12 aromatic heterocycles. The van der Waals surface area contributed by atoms with Crippen molar-refractivity contribution in [2.24, 2.45) is 28.2 Å². The Balaban J connectivity index is 0.000000116. The molecular formula is C107H112F7N25O8S. The summed E-state index contributed by atoms with van der Waals surface area (Å²) in [4.78, 5) is 98.9. The zero-order valence-corrected chi connectivity index (χ0v) is 84.5. The first-order valence-corrected chi connectivity index (χ1v) is 51.6. The molecule has 8 aliphatic rings. The molecule has 4 fully saturated rings. The van der Waals surface area contributed by atoms with Gasteiger partial charge < -0.3 is 47.9 Å². The Kier molecular flexibility index (Phi) is 26.8. The minimum Gasteiger partial charge on any atom is -0.395 e. The number of imidazole rings is 4. The van der Waals surface area contributed by atoms with Gasteiger partial charge in [0.25, 0.3) is 31.5 Å². The average molecular weight is 2040 g/mol. The molecule has 1 N–H and O–H groups in total. The lowest BCUT2D eigenvalue weighted by Crippen LogP contribution is -2.48. The number of β-amino-alcohol motifs (C(OH)–C–C–N with tert-alkyl or cyclic N) is 1. The number of halogens is 7. The van der Waals surface area contributed by atoms with E-state index in [4.69, 9.17) is 34.4 Å². The van der Waals surface area contributed by atoms with E-state index in [1.165, 1.54) is 50.9 Å². The average Bonchev–Trinajstić information content (AvgIpc) is 1.61. The number of hydrogen-bond acceptors (Lipinski definition) is 21. The molecule has 24 rings (SSSR count). The van der Waals surface area contributed by atoms with Crippen LogP contribution < -0.4 is 0 Å². The van der Waals surface area contributed by atoms with Gasteiger partial charge in [-0.3, -0.25) is 56.6 Å². The molecule has 0 saturated carbocycles. The van der Waals surface area contributed by atoms with Crippen molar-refractivity contribution in [2.45, 2.75) is 153 Å². The van der Waals surface area contributed by atoms with Crippen molar-refractivity contribution in [2.75, 3.05) is 92.4 Å². The van der Waals surface area contributed by atoms with E-state index in [-0.39, 0.29) is 88.4 Å². The van der Waals surface area contributed by atoms with Crippen molar-refractivity contribution in [3.63, 3.8) is 0 Å². The van der Waals surface area contributed by atoms with Gasteiger partial charge in [-0.1, -0.05) is 54.6 Å². The number of aliphatic hydroxyl groups is 1. The molecular weight excluding hydrogens is 1930 g/mol. The van der Waals surface area contributed by atoms with Crippen LogP contribution in [0.4, 0.5) is 30.7 Å². The molecule has 20 heterocycles. The third-order valence-electron chi connectivity index (χ3n) is 29.9. The van der Waals surface area contributed by atoms with Crippen LogP contribution >= 0.6 is 0 Å². The van der Waals surface area contributed by atoms with Crippen molar-refractivity contribution >= 4 is 82.5 Å². The van der Waals surface area contributed by atoms with Gasteiger partial charge in [0.05, 0.1) is 142 Å². The molecule has 33 nitrogen and oxygen atoms in total. The van der Waals surface area contributed by atoms with Crippen molar-refractivity contribution < 1.29 is 68.7 Å². The molecule has 4 saturated heterocycles. The number of likely N-dealkylation sites (tertiary alicyclic amines) is 1. The van der Waals surface area contributed by atoms with Gasteiger partial charge in [-0.2, -0.15) is 20.4 Å². The van der Waals surface area contributed by atoms with Gasteiger partial charge in [-0.15, -0.1) is 0 Å². The third kappa shape index (κ3) is 18.3. The number of carbonyl (C=O) groups is 4. The number of aromatic nitrogens is 20. The summed E-state index contributed by atoms with van der Waals surface area (Å²) in [7, 11) is 11.9. The first-order valence-electron chi connectivity index (χ1n) is 49.6. The number of aryl methyl sites for hydroxylation is 4.